The van der Waals surface area contributed by atoms with Crippen LogP contribution in [-0.4, -0.2) is 120 Å². The Bertz CT molecular complexity index is 1510. The lowest BCUT2D eigenvalue weighted by Gasteiger charge is -2.34. The van der Waals surface area contributed by atoms with Crippen LogP contribution in [0.4, 0.5) is 0 Å². The van der Waals surface area contributed by atoms with Gasteiger partial charge in [-0.05, 0) is 142 Å². The zero-order chi connectivity index (χ0) is 55.1. The number of rotatable bonds is 16. The van der Waals surface area contributed by atoms with Gasteiger partial charge in [-0.3, -0.25) is 33.6 Å². The Labute approximate surface area is 425 Å². The second kappa shape index (κ2) is 35.5. The third-order valence-electron chi connectivity index (χ3n) is 9.80. The number of esters is 7. The molecule has 0 bridgehead atoms. The minimum absolute atomic E-state index is 0.0378. The number of hydrogen-bond donors (Lipinski definition) is 0. The molecule has 0 aromatic carbocycles. The molecule has 0 aromatic heterocycles. The fraction of sp³-hybridized carbons (Fsp3) is 0.863. The highest BCUT2D eigenvalue weighted by Crippen LogP contribution is 2.32. The monoisotopic (exact) mass is 1030 g/mol. The lowest BCUT2D eigenvalue weighted by atomic mass is 9.86. The molecule has 0 spiro atoms. The van der Waals surface area contributed by atoms with Gasteiger partial charge < -0.3 is 52.1 Å². The Morgan fingerprint density at radius 1 is 0.600 bits per heavy atom. The average molecular weight is 1030 g/mol. The van der Waals surface area contributed by atoms with Gasteiger partial charge in [0.15, 0.2) is 19.4 Å². The van der Waals surface area contributed by atoms with Gasteiger partial charge >= 0.3 is 41.8 Å². The fourth-order valence-electron chi connectivity index (χ4n) is 5.09. The molecule has 2 rings (SSSR count). The maximum absolute atomic E-state index is 12.0. The van der Waals surface area contributed by atoms with Gasteiger partial charge in [0.1, 0.15) is 12.2 Å². The normalized spacial score (nSPS) is 17.2. The second-order valence-corrected chi connectivity index (χ2v) is 21.7. The van der Waals surface area contributed by atoms with Gasteiger partial charge in [0, 0.05) is 26.3 Å². The van der Waals surface area contributed by atoms with E-state index in [2.05, 4.69) is 14.2 Å². The number of alkyl halides is 1. The van der Waals surface area contributed by atoms with Gasteiger partial charge in [0.2, 0.25) is 6.29 Å². The third-order valence-corrected chi connectivity index (χ3v) is 9.96. The lowest BCUT2D eigenvalue weighted by Crippen LogP contribution is -2.38. The van der Waals surface area contributed by atoms with E-state index in [0.717, 1.165) is 44.9 Å². The molecule has 1 aliphatic heterocycles. The van der Waals surface area contributed by atoms with E-state index < -0.39 is 46.1 Å². The van der Waals surface area contributed by atoms with Crippen molar-refractivity contribution in [3.8, 4) is 0 Å². The van der Waals surface area contributed by atoms with E-state index in [4.69, 9.17) is 49.5 Å². The summed E-state index contributed by atoms with van der Waals surface area (Å²) in [6.45, 7) is 33.1. The first-order valence-corrected chi connectivity index (χ1v) is 24.7. The van der Waals surface area contributed by atoms with Crippen molar-refractivity contribution >= 4 is 53.4 Å². The predicted molar refractivity (Wildman–Crippen MR) is 264 cm³/mol. The molecule has 0 amide bonds. The molecule has 0 aromatic rings. The topological polar surface area (TPSA) is 221 Å². The SMILES string of the molecule is CC(=O)OCCOC(C)OC(=O)C(C)(C)C.CC(C)(C)C(=O)OC1CCCCO1.CC(OCCCl)OC(=O)C(C)(C)C.COC(=O)C(C)C(C)C(=O)OC1(C)CCCCC1.COCOC(=O)C(C)(C)C. The number of carbonyl (C=O) groups is 7. The van der Waals surface area contributed by atoms with Crippen LogP contribution >= 0.6 is 11.6 Å². The van der Waals surface area contributed by atoms with Crippen LogP contribution in [-0.2, 0) is 85.7 Å². The van der Waals surface area contributed by atoms with Crippen LogP contribution in [0.1, 0.15) is 176 Å². The maximum Gasteiger partial charge on any atom is 0.313 e. The highest BCUT2D eigenvalue weighted by molar-refractivity contribution is 6.17. The molecule has 19 heteroatoms. The van der Waals surface area contributed by atoms with Gasteiger partial charge in [-0.1, -0.05) is 20.3 Å². The van der Waals surface area contributed by atoms with E-state index in [9.17, 15) is 33.6 Å². The summed E-state index contributed by atoms with van der Waals surface area (Å²) in [6.07, 6.45) is 6.77. The Hall–Kier alpha value is -3.58. The molecule has 412 valence electrons. The molecule has 2 fully saturated rings. The predicted octanol–water partition coefficient (Wildman–Crippen LogP) is 9.66. The van der Waals surface area contributed by atoms with E-state index >= 15 is 0 Å². The van der Waals surface area contributed by atoms with Crippen LogP contribution in [0, 0.1) is 33.5 Å². The molecule has 0 radical (unpaired) electrons. The molecule has 5 unspecified atom stereocenters. The summed E-state index contributed by atoms with van der Waals surface area (Å²) in [5.74, 6) is -2.56. The van der Waals surface area contributed by atoms with Crippen molar-refractivity contribution in [2.24, 2.45) is 33.5 Å². The van der Waals surface area contributed by atoms with E-state index in [1.54, 1.807) is 90.0 Å². The number of hydrogen-bond acceptors (Lipinski definition) is 18. The molecular weight excluding hydrogens is 936 g/mol. The summed E-state index contributed by atoms with van der Waals surface area (Å²) in [7, 11) is 2.81. The molecule has 18 nitrogen and oxygen atoms in total. The number of halogens is 1. The molecule has 5 atom stereocenters. The molecular formula is C51H93ClO18. The van der Waals surface area contributed by atoms with Crippen molar-refractivity contribution in [2.45, 2.75) is 200 Å². The maximum atomic E-state index is 12.0. The van der Waals surface area contributed by atoms with Crippen LogP contribution in [0.2, 0.25) is 0 Å². The van der Waals surface area contributed by atoms with Gasteiger partial charge in [-0.25, -0.2) is 0 Å². The van der Waals surface area contributed by atoms with Gasteiger partial charge in [-0.15, -0.1) is 11.6 Å². The first kappa shape index (κ1) is 70.7. The van der Waals surface area contributed by atoms with E-state index in [1.165, 1.54) is 27.6 Å². The summed E-state index contributed by atoms with van der Waals surface area (Å²) in [5, 5.41) is 0. The molecule has 2 aliphatic rings. The number of methoxy groups -OCH3 is 2. The summed E-state index contributed by atoms with van der Waals surface area (Å²) >= 11 is 5.41. The van der Waals surface area contributed by atoms with Crippen molar-refractivity contribution in [3.63, 3.8) is 0 Å². The molecule has 1 saturated carbocycles. The minimum atomic E-state index is -0.637. The number of carbonyl (C=O) groups excluding carboxylic acids is 7. The highest BCUT2D eigenvalue weighted by Gasteiger charge is 2.36. The van der Waals surface area contributed by atoms with Crippen molar-refractivity contribution in [2.75, 3.05) is 53.3 Å². The van der Waals surface area contributed by atoms with Crippen LogP contribution in [0.3, 0.4) is 0 Å². The van der Waals surface area contributed by atoms with Crippen molar-refractivity contribution in [1.82, 2.24) is 0 Å². The largest absolute Gasteiger partial charge is 0.469 e. The minimum Gasteiger partial charge on any atom is -0.469 e. The molecule has 1 aliphatic carbocycles. The van der Waals surface area contributed by atoms with Gasteiger partial charge in [0.05, 0.1) is 60.4 Å². The zero-order valence-corrected chi connectivity index (χ0v) is 47.3. The van der Waals surface area contributed by atoms with Crippen LogP contribution in [0.5, 0.6) is 0 Å². The molecule has 1 saturated heterocycles. The average Bonchev–Trinajstić information content (AvgIpc) is 3.25. The summed E-state index contributed by atoms with van der Waals surface area (Å²) in [5.41, 5.74) is -2.25. The molecule has 70 heavy (non-hydrogen) atoms. The summed E-state index contributed by atoms with van der Waals surface area (Å²) < 4.78 is 54.9. The van der Waals surface area contributed by atoms with Crippen LogP contribution in [0.25, 0.3) is 0 Å². The smallest absolute Gasteiger partial charge is 0.313 e. The van der Waals surface area contributed by atoms with Crippen molar-refractivity contribution in [1.29, 1.82) is 0 Å². The Balaban J connectivity index is -0.000000812. The number of ether oxygens (including phenoxy) is 11. The summed E-state index contributed by atoms with van der Waals surface area (Å²) in [4.78, 5) is 79.0. The first-order valence-electron chi connectivity index (χ1n) is 24.1. The first-order chi connectivity index (χ1) is 32.0. The zero-order valence-electron chi connectivity index (χ0n) is 46.5. The Kier molecular flexibility index (Phi) is 35.9. The quantitative estimate of drug-likeness (QED) is 0.0461. The fourth-order valence-corrected chi connectivity index (χ4v) is 5.18. The van der Waals surface area contributed by atoms with Crippen LogP contribution < -0.4 is 0 Å². The van der Waals surface area contributed by atoms with E-state index in [1.807, 2.05) is 27.7 Å². The van der Waals surface area contributed by atoms with E-state index in [-0.39, 0.29) is 73.7 Å². The highest BCUT2D eigenvalue weighted by atomic mass is 35.5. The van der Waals surface area contributed by atoms with E-state index in [0.29, 0.717) is 19.1 Å². The second-order valence-electron chi connectivity index (χ2n) is 21.3. The van der Waals surface area contributed by atoms with Crippen LogP contribution in [0.15, 0.2) is 0 Å². The summed E-state index contributed by atoms with van der Waals surface area (Å²) in [6, 6.07) is 0. The lowest BCUT2D eigenvalue weighted by molar-refractivity contribution is -0.195. The van der Waals surface area contributed by atoms with Gasteiger partial charge in [0.25, 0.3) is 0 Å². The Morgan fingerprint density at radius 2 is 1.06 bits per heavy atom. The van der Waals surface area contributed by atoms with Crippen molar-refractivity contribution < 1.29 is 85.7 Å². The van der Waals surface area contributed by atoms with Gasteiger partial charge in [-0.2, -0.15) is 0 Å². The molecule has 0 N–H and O–H groups in total. The Morgan fingerprint density at radius 3 is 1.44 bits per heavy atom. The third kappa shape index (κ3) is 36.4. The molecule has 1 heterocycles. The van der Waals surface area contributed by atoms with Crippen molar-refractivity contribution in [3.05, 3.63) is 0 Å². The standard InChI is InChI=1S/C14H24O4.C11H20O5.C10H18O3.C9H17ClO3.C7H14O3/c1-10(12(15)17-4)11(2)13(16)18-14(3)8-6-5-7-9-14;1-8(12)14-6-7-15-9(2)16-10(13)11(3,4)5;1-10(2,3)9(11)13-8-6-4-5-7-12-8;1-7(12-6-5-10)13-8(11)9(2,3)4;1-7(2,3)6(8)10-5-9-4/h10-11H,5-9H2,1-4H3;9H,6-7H2,1-5H3;8H,4-7H2,1-3H3;7H,5-6H2,1-4H3;5H2,1-4H3.